The molecule has 21 heavy (non-hydrogen) atoms. The molecule has 0 spiro atoms. The van der Waals surface area contributed by atoms with Gasteiger partial charge in [-0.2, -0.15) is 0 Å². The molecule has 2 heterocycles. The van der Waals surface area contributed by atoms with Gasteiger partial charge in [-0.15, -0.1) is 0 Å². The Bertz CT molecular complexity index is 674. The summed E-state index contributed by atoms with van der Waals surface area (Å²) >= 11 is 1.32. The fourth-order valence-electron chi connectivity index (χ4n) is 1.74. The maximum absolute atomic E-state index is 11.0. The van der Waals surface area contributed by atoms with Gasteiger partial charge in [-0.1, -0.05) is 11.3 Å². The maximum Gasteiger partial charge on any atom is 0.217 e. The molecule has 7 nitrogen and oxygen atoms in total. The lowest BCUT2D eigenvalue weighted by Gasteiger charge is -2.00. The second kappa shape index (κ2) is 6.40. The third-order valence-electron chi connectivity index (χ3n) is 2.72. The number of aromatic nitrogens is 1. The summed E-state index contributed by atoms with van der Waals surface area (Å²) in [5.41, 5.74) is 7.33. The number of nitrogens with two attached hydrogens (primary N) is 1. The minimum atomic E-state index is -0.105. The Hall–Kier alpha value is -2.35. The average Bonchev–Trinajstić information content (AvgIpc) is 2.97. The van der Waals surface area contributed by atoms with Crippen LogP contribution < -0.4 is 16.4 Å². The number of carbonyl (C=O) groups excluding carboxylic acids is 1. The van der Waals surface area contributed by atoms with E-state index in [0.717, 1.165) is 10.6 Å². The molecule has 0 bridgehead atoms. The number of amides is 1. The normalized spacial score (nSPS) is 11.0. The molecule has 0 fully saturated rings. The van der Waals surface area contributed by atoms with E-state index in [1.807, 2.05) is 13.0 Å². The highest BCUT2D eigenvalue weighted by molar-refractivity contribution is 7.20. The van der Waals surface area contributed by atoms with Crippen LogP contribution in [0.5, 0.6) is 0 Å². The Morgan fingerprint density at radius 3 is 3.05 bits per heavy atom. The molecular formula is C13H17N5O2S. The second-order valence-corrected chi connectivity index (χ2v) is 5.42. The number of aryl methyl sites for hydroxylation is 1. The number of nitrogens with zero attached hydrogens (tertiary/aromatic N) is 2. The number of furan rings is 1. The van der Waals surface area contributed by atoms with Crippen molar-refractivity contribution in [3.63, 3.8) is 0 Å². The first-order valence-electron chi connectivity index (χ1n) is 6.29. The lowest BCUT2D eigenvalue weighted by Crippen LogP contribution is -2.18. The number of hydrogen-bond acceptors (Lipinski definition) is 6. The molecule has 0 aliphatic carbocycles. The summed E-state index contributed by atoms with van der Waals surface area (Å²) in [7, 11) is 1.67. The smallest absolute Gasteiger partial charge is 0.217 e. The molecule has 0 unspecified atom stereocenters. The van der Waals surface area contributed by atoms with Gasteiger partial charge in [0.25, 0.3) is 0 Å². The SMILES string of the molecule is CN=CNc1sc(N)nc1-c1cc(C)c(CNC(C)=O)o1. The molecule has 0 saturated heterocycles. The van der Waals surface area contributed by atoms with Gasteiger partial charge in [-0.3, -0.25) is 9.79 Å². The van der Waals surface area contributed by atoms with Gasteiger partial charge in [0, 0.05) is 14.0 Å². The van der Waals surface area contributed by atoms with Crippen molar-refractivity contribution in [1.82, 2.24) is 10.3 Å². The Balaban J connectivity index is 2.29. The molecular weight excluding hydrogens is 290 g/mol. The van der Waals surface area contributed by atoms with E-state index >= 15 is 0 Å². The van der Waals surface area contributed by atoms with E-state index in [0.29, 0.717) is 28.9 Å². The number of carbonyl (C=O) groups is 1. The third-order valence-corrected chi connectivity index (χ3v) is 3.54. The molecule has 0 aliphatic rings. The first kappa shape index (κ1) is 15.0. The molecule has 4 N–H and O–H groups in total. The summed E-state index contributed by atoms with van der Waals surface area (Å²) in [6.07, 6.45) is 1.56. The van der Waals surface area contributed by atoms with Crippen molar-refractivity contribution < 1.29 is 9.21 Å². The predicted octanol–water partition coefficient (Wildman–Crippen LogP) is 2.00. The van der Waals surface area contributed by atoms with Crippen LogP contribution in [0.3, 0.4) is 0 Å². The largest absolute Gasteiger partial charge is 0.457 e. The minimum Gasteiger partial charge on any atom is -0.457 e. The van der Waals surface area contributed by atoms with E-state index in [9.17, 15) is 4.79 Å². The fraction of sp³-hybridized carbons (Fsp3) is 0.308. The highest BCUT2D eigenvalue weighted by Crippen LogP contribution is 2.36. The maximum atomic E-state index is 11.0. The highest BCUT2D eigenvalue weighted by Gasteiger charge is 2.17. The highest BCUT2D eigenvalue weighted by atomic mass is 32.1. The van der Waals surface area contributed by atoms with Crippen LogP contribution in [0.15, 0.2) is 15.5 Å². The molecule has 0 saturated carbocycles. The first-order valence-corrected chi connectivity index (χ1v) is 7.10. The van der Waals surface area contributed by atoms with E-state index in [4.69, 9.17) is 10.2 Å². The Morgan fingerprint density at radius 1 is 1.62 bits per heavy atom. The van der Waals surface area contributed by atoms with Gasteiger partial charge in [0.1, 0.15) is 16.5 Å². The van der Waals surface area contributed by atoms with Crippen molar-refractivity contribution in [3.8, 4) is 11.5 Å². The average molecular weight is 307 g/mol. The summed E-state index contributed by atoms with van der Waals surface area (Å²) in [6, 6.07) is 1.87. The lowest BCUT2D eigenvalue weighted by atomic mass is 10.2. The number of aliphatic imine (C=N–C) groups is 1. The molecule has 1 amide bonds. The van der Waals surface area contributed by atoms with Crippen molar-refractivity contribution in [2.24, 2.45) is 4.99 Å². The zero-order chi connectivity index (χ0) is 15.4. The quantitative estimate of drug-likeness (QED) is 0.578. The first-order chi connectivity index (χ1) is 10.0. The zero-order valence-electron chi connectivity index (χ0n) is 12.1. The summed E-state index contributed by atoms with van der Waals surface area (Å²) in [5.74, 6) is 1.20. The van der Waals surface area contributed by atoms with E-state index in [1.54, 1.807) is 13.4 Å². The number of nitrogens with one attached hydrogen (secondary N) is 2. The van der Waals surface area contributed by atoms with Crippen LogP contribution in [-0.2, 0) is 11.3 Å². The van der Waals surface area contributed by atoms with E-state index in [-0.39, 0.29) is 5.91 Å². The monoisotopic (exact) mass is 307 g/mol. The van der Waals surface area contributed by atoms with Crippen molar-refractivity contribution in [2.45, 2.75) is 20.4 Å². The number of nitrogen functional groups attached to an aromatic ring is 1. The minimum absolute atomic E-state index is 0.105. The summed E-state index contributed by atoms with van der Waals surface area (Å²) < 4.78 is 5.77. The van der Waals surface area contributed by atoms with Gasteiger partial charge in [-0.05, 0) is 18.6 Å². The standard InChI is InChI=1S/C13H17N5O2S/c1-7-4-9(20-10(7)5-16-8(2)19)11-12(17-6-15-3)21-13(14)18-11/h4,6H,5H2,1-3H3,(H2,14,18)(H,15,17)(H,16,19). The van der Waals surface area contributed by atoms with Gasteiger partial charge < -0.3 is 20.8 Å². The van der Waals surface area contributed by atoms with Crippen molar-refractivity contribution in [1.29, 1.82) is 0 Å². The Morgan fingerprint density at radius 2 is 2.38 bits per heavy atom. The molecule has 0 atom stereocenters. The van der Waals surface area contributed by atoms with Crippen LogP contribution in [0, 0.1) is 6.92 Å². The lowest BCUT2D eigenvalue weighted by molar-refractivity contribution is -0.119. The Labute approximate surface area is 126 Å². The van der Waals surface area contributed by atoms with E-state index in [2.05, 4.69) is 20.6 Å². The molecule has 0 radical (unpaired) electrons. The summed E-state index contributed by atoms with van der Waals surface area (Å²) in [6.45, 7) is 3.73. The molecule has 2 aromatic heterocycles. The number of hydrogen-bond donors (Lipinski definition) is 3. The van der Waals surface area contributed by atoms with Gasteiger partial charge in [0.05, 0.1) is 12.9 Å². The van der Waals surface area contributed by atoms with Crippen molar-refractivity contribution in [2.75, 3.05) is 18.1 Å². The summed E-state index contributed by atoms with van der Waals surface area (Å²) in [5, 5.41) is 6.93. The van der Waals surface area contributed by atoms with Crippen LogP contribution >= 0.6 is 11.3 Å². The van der Waals surface area contributed by atoms with Gasteiger partial charge >= 0.3 is 0 Å². The zero-order valence-corrected chi connectivity index (χ0v) is 12.9. The fourth-order valence-corrected chi connectivity index (χ4v) is 2.44. The molecule has 0 aliphatic heterocycles. The number of thiazole rings is 1. The van der Waals surface area contributed by atoms with Crippen LogP contribution in [0.1, 0.15) is 18.2 Å². The Kier molecular flexibility index (Phi) is 4.59. The van der Waals surface area contributed by atoms with E-state index in [1.165, 1.54) is 18.3 Å². The third kappa shape index (κ3) is 3.60. The second-order valence-electron chi connectivity index (χ2n) is 4.39. The number of anilines is 2. The molecule has 8 heteroatoms. The predicted molar refractivity (Wildman–Crippen MR) is 84.5 cm³/mol. The van der Waals surface area contributed by atoms with Gasteiger partial charge in [-0.25, -0.2) is 4.98 Å². The van der Waals surface area contributed by atoms with Gasteiger partial charge in [0.15, 0.2) is 10.9 Å². The topological polar surface area (TPSA) is 106 Å². The molecule has 112 valence electrons. The number of rotatable bonds is 5. The van der Waals surface area contributed by atoms with Gasteiger partial charge in [0.2, 0.25) is 5.91 Å². The molecule has 2 rings (SSSR count). The van der Waals surface area contributed by atoms with Crippen LogP contribution in [-0.4, -0.2) is 24.3 Å². The molecule has 2 aromatic rings. The summed E-state index contributed by atoms with van der Waals surface area (Å²) in [4.78, 5) is 19.1. The van der Waals surface area contributed by atoms with Crippen LogP contribution in [0.4, 0.5) is 10.1 Å². The van der Waals surface area contributed by atoms with E-state index < -0.39 is 0 Å². The van der Waals surface area contributed by atoms with Crippen molar-refractivity contribution in [3.05, 3.63) is 17.4 Å². The van der Waals surface area contributed by atoms with Crippen LogP contribution in [0.25, 0.3) is 11.5 Å². The molecule has 0 aromatic carbocycles. The van der Waals surface area contributed by atoms with Crippen molar-refractivity contribution >= 4 is 33.7 Å². The van der Waals surface area contributed by atoms with Crippen LogP contribution in [0.2, 0.25) is 0 Å².